The van der Waals surface area contributed by atoms with Crippen molar-refractivity contribution >= 4 is 5.71 Å². The molecule has 0 aromatic heterocycles. The highest BCUT2D eigenvalue weighted by Gasteiger charge is 2.27. The second-order valence-corrected chi connectivity index (χ2v) is 4.17. The normalized spacial score (nSPS) is 25.9. The fourth-order valence-electron chi connectivity index (χ4n) is 1.62. The third-order valence-corrected chi connectivity index (χ3v) is 2.34. The molecule has 0 saturated heterocycles. The minimum atomic E-state index is 0.393. The van der Waals surface area contributed by atoms with Crippen LogP contribution >= 0.6 is 0 Å². The van der Waals surface area contributed by atoms with Crippen molar-refractivity contribution in [2.24, 2.45) is 10.6 Å². The van der Waals surface area contributed by atoms with E-state index < -0.39 is 0 Å². The van der Waals surface area contributed by atoms with Gasteiger partial charge in [-0.2, -0.15) is 0 Å². The Morgan fingerprint density at radius 1 is 1.50 bits per heavy atom. The summed E-state index contributed by atoms with van der Waals surface area (Å²) in [4.78, 5) is 4.75. The van der Waals surface area contributed by atoms with E-state index >= 15 is 0 Å². The summed E-state index contributed by atoms with van der Waals surface area (Å²) in [5, 5.41) is 3.95. The van der Waals surface area contributed by atoms with Crippen LogP contribution in [0.15, 0.2) is 17.3 Å². The molecule has 1 saturated carbocycles. The molecule has 0 aromatic carbocycles. The minimum Gasteiger partial charge on any atom is -0.399 e. The lowest BCUT2D eigenvalue weighted by Crippen LogP contribution is -2.23. The van der Waals surface area contributed by atoms with Crippen LogP contribution in [0, 0.1) is 5.41 Å². The van der Waals surface area contributed by atoms with E-state index in [4.69, 9.17) is 4.84 Å². The van der Waals surface area contributed by atoms with Gasteiger partial charge in [0.05, 0.1) is 5.71 Å². The number of hydrogen-bond acceptors (Lipinski definition) is 2. The highest BCUT2D eigenvalue weighted by Crippen LogP contribution is 2.36. The first-order chi connectivity index (χ1) is 5.55. The summed E-state index contributed by atoms with van der Waals surface area (Å²) < 4.78 is 0. The minimum absolute atomic E-state index is 0.393. The van der Waals surface area contributed by atoms with Gasteiger partial charge in [0, 0.05) is 0 Å². The molecule has 0 heterocycles. The average molecular weight is 167 g/mol. The predicted molar refractivity (Wildman–Crippen MR) is 51.2 cm³/mol. The Balaban J connectivity index is 2.66. The Bertz CT molecular complexity index is 216. The van der Waals surface area contributed by atoms with Gasteiger partial charge in [-0.15, -0.1) is 0 Å². The second kappa shape index (κ2) is 3.30. The predicted octanol–water partition coefficient (Wildman–Crippen LogP) is 2.76. The zero-order chi connectivity index (χ0) is 9.19. The molecule has 12 heavy (non-hydrogen) atoms. The van der Waals surface area contributed by atoms with Crippen LogP contribution in [0.1, 0.15) is 33.1 Å². The first-order valence-corrected chi connectivity index (χ1v) is 4.33. The van der Waals surface area contributed by atoms with Crippen molar-refractivity contribution < 1.29 is 4.84 Å². The van der Waals surface area contributed by atoms with Crippen LogP contribution in [0.3, 0.4) is 0 Å². The molecule has 0 amide bonds. The Kier molecular flexibility index (Phi) is 2.55. The zero-order valence-corrected chi connectivity index (χ0v) is 8.18. The van der Waals surface area contributed by atoms with Crippen molar-refractivity contribution in [2.75, 3.05) is 7.11 Å². The summed E-state index contributed by atoms with van der Waals surface area (Å²) >= 11 is 0. The molecule has 1 aliphatic rings. The Labute approximate surface area is 74.3 Å². The zero-order valence-electron chi connectivity index (χ0n) is 8.18. The van der Waals surface area contributed by atoms with E-state index in [1.807, 2.05) is 0 Å². The van der Waals surface area contributed by atoms with Crippen LogP contribution in [0.25, 0.3) is 0 Å². The van der Waals surface area contributed by atoms with Crippen LogP contribution in [-0.4, -0.2) is 12.8 Å². The number of oxime groups is 1. The molecule has 2 nitrogen and oxygen atoms in total. The standard InChI is InChI=1S/C10H17NO/c1-8-7-10(2,3)6-5-9(8)11-12-4/h1,5-7H2,2-4H3/b11-9+. The molecule has 1 aliphatic carbocycles. The first kappa shape index (κ1) is 9.30. The Hall–Kier alpha value is -0.790. The van der Waals surface area contributed by atoms with E-state index in [9.17, 15) is 0 Å². The van der Waals surface area contributed by atoms with Crippen LogP contribution < -0.4 is 0 Å². The number of hydrogen-bond donors (Lipinski definition) is 0. The van der Waals surface area contributed by atoms with Crippen LogP contribution in [0.5, 0.6) is 0 Å². The molecule has 0 unspecified atom stereocenters. The number of rotatable bonds is 1. The summed E-state index contributed by atoms with van der Waals surface area (Å²) in [5.41, 5.74) is 2.56. The summed E-state index contributed by atoms with van der Waals surface area (Å²) in [6.45, 7) is 8.53. The van der Waals surface area contributed by atoms with Crippen molar-refractivity contribution in [3.05, 3.63) is 12.2 Å². The number of nitrogens with zero attached hydrogens (tertiary/aromatic N) is 1. The lowest BCUT2D eigenvalue weighted by Gasteiger charge is -2.31. The fraction of sp³-hybridized carbons (Fsp3) is 0.700. The molecule has 0 bridgehead atoms. The fourth-order valence-corrected chi connectivity index (χ4v) is 1.62. The summed E-state index contributed by atoms with van der Waals surface area (Å²) in [5.74, 6) is 0. The molecule has 1 fully saturated rings. The van der Waals surface area contributed by atoms with Gasteiger partial charge in [0.25, 0.3) is 0 Å². The molecule has 0 N–H and O–H groups in total. The number of allylic oxidation sites excluding steroid dienone is 1. The third kappa shape index (κ3) is 2.10. The van der Waals surface area contributed by atoms with Crippen molar-refractivity contribution in [2.45, 2.75) is 33.1 Å². The Morgan fingerprint density at radius 3 is 2.67 bits per heavy atom. The first-order valence-electron chi connectivity index (χ1n) is 4.33. The second-order valence-electron chi connectivity index (χ2n) is 4.17. The van der Waals surface area contributed by atoms with E-state index in [0.717, 1.165) is 24.1 Å². The molecule has 1 rings (SSSR count). The highest BCUT2D eigenvalue weighted by molar-refractivity contribution is 6.00. The summed E-state index contributed by atoms with van der Waals surface area (Å²) in [6.07, 6.45) is 3.21. The van der Waals surface area contributed by atoms with Gasteiger partial charge in [0.2, 0.25) is 0 Å². The van der Waals surface area contributed by atoms with E-state index in [2.05, 4.69) is 25.6 Å². The topological polar surface area (TPSA) is 21.6 Å². The molecule has 2 heteroatoms. The lowest BCUT2D eigenvalue weighted by atomic mass is 9.75. The average Bonchev–Trinajstić information content (AvgIpc) is 1.94. The van der Waals surface area contributed by atoms with Gasteiger partial charge in [-0.05, 0) is 30.3 Å². The molecular formula is C10H17NO. The Morgan fingerprint density at radius 2 is 2.17 bits per heavy atom. The maximum absolute atomic E-state index is 4.75. The van der Waals surface area contributed by atoms with E-state index in [0.29, 0.717) is 5.41 Å². The van der Waals surface area contributed by atoms with Gasteiger partial charge in [-0.3, -0.25) is 0 Å². The van der Waals surface area contributed by atoms with E-state index in [1.165, 1.54) is 6.42 Å². The smallest absolute Gasteiger partial charge is 0.106 e. The maximum Gasteiger partial charge on any atom is 0.106 e. The van der Waals surface area contributed by atoms with Crippen molar-refractivity contribution in [3.8, 4) is 0 Å². The lowest BCUT2D eigenvalue weighted by molar-refractivity contribution is 0.210. The van der Waals surface area contributed by atoms with Crippen LogP contribution in [0.2, 0.25) is 0 Å². The van der Waals surface area contributed by atoms with E-state index in [1.54, 1.807) is 7.11 Å². The quantitative estimate of drug-likeness (QED) is 0.550. The molecular weight excluding hydrogens is 150 g/mol. The molecule has 0 spiro atoms. The van der Waals surface area contributed by atoms with Crippen molar-refractivity contribution in [3.63, 3.8) is 0 Å². The van der Waals surface area contributed by atoms with E-state index in [-0.39, 0.29) is 0 Å². The van der Waals surface area contributed by atoms with Crippen molar-refractivity contribution in [1.82, 2.24) is 0 Å². The van der Waals surface area contributed by atoms with Gasteiger partial charge in [-0.1, -0.05) is 25.6 Å². The van der Waals surface area contributed by atoms with Crippen LogP contribution in [0.4, 0.5) is 0 Å². The molecule has 68 valence electrons. The highest BCUT2D eigenvalue weighted by atomic mass is 16.6. The summed E-state index contributed by atoms with van der Waals surface area (Å²) in [7, 11) is 1.58. The van der Waals surface area contributed by atoms with Crippen molar-refractivity contribution in [1.29, 1.82) is 0 Å². The van der Waals surface area contributed by atoms with Gasteiger partial charge >= 0.3 is 0 Å². The van der Waals surface area contributed by atoms with Gasteiger partial charge in [0.1, 0.15) is 7.11 Å². The van der Waals surface area contributed by atoms with Gasteiger partial charge in [-0.25, -0.2) is 0 Å². The monoisotopic (exact) mass is 167 g/mol. The SMILES string of the molecule is C=C1CC(C)(C)CC/C1=N\OC. The molecule has 0 aliphatic heterocycles. The van der Waals surface area contributed by atoms with Crippen LogP contribution in [-0.2, 0) is 4.84 Å². The maximum atomic E-state index is 4.75. The molecule has 0 atom stereocenters. The van der Waals surface area contributed by atoms with Gasteiger partial charge in [0.15, 0.2) is 0 Å². The largest absolute Gasteiger partial charge is 0.399 e. The molecule has 0 aromatic rings. The third-order valence-electron chi connectivity index (χ3n) is 2.34. The molecule has 0 radical (unpaired) electrons. The summed E-state index contributed by atoms with van der Waals surface area (Å²) in [6, 6.07) is 0. The van der Waals surface area contributed by atoms with Gasteiger partial charge < -0.3 is 4.84 Å².